The normalized spacial score (nSPS) is 15.8. The van der Waals surface area contributed by atoms with Crippen molar-refractivity contribution in [2.24, 2.45) is 0 Å². The molecule has 2 aliphatic heterocycles. The maximum Gasteiger partial charge on any atom is 0.308 e. The first-order valence-electron chi connectivity index (χ1n) is 12.9. The molecule has 3 aromatic carbocycles. The topological polar surface area (TPSA) is 97.4 Å². The predicted octanol–water partition coefficient (Wildman–Crippen LogP) is 4.82. The van der Waals surface area contributed by atoms with Crippen LogP contribution in [0.15, 0.2) is 54.6 Å². The lowest BCUT2D eigenvalue weighted by Crippen LogP contribution is -2.08. The highest BCUT2D eigenvalue weighted by atomic mass is 32.2. The molecule has 0 saturated heterocycles. The summed E-state index contributed by atoms with van der Waals surface area (Å²) in [5.74, 6) is 1.94. The fourth-order valence-corrected chi connectivity index (χ4v) is 5.50. The Bertz CT molecular complexity index is 1460. The molecule has 5 rings (SSSR count). The van der Waals surface area contributed by atoms with Crippen molar-refractivity contribution in [3.8, 4) is 28.4 Å². The highest BCUT2D eigenvalue weighted by molar-refractivity contribution is 7.90. The van der Waals surface area contributed by atoms with Gasteiger partial charge in [0.25, 0.3) is 0 Å². The zero-order valence-electron chi connectivity index (χ0n) is 22.1. The Morgan fingerprint density at radius 3 is 2.62 bits per heavy atom. The van der Waals surface area contributed by atoms with E-state index < -0.39 is 9.84 Å². The van der Waals surface area contributed by atoms with E-state index in [2.05, 4.69) is 18.2 Å². The second-order valence-corrected chi connectivity index (χ2v) is 12.1. The number of carbonyl (C=O) groups excluding carboxylic acids is 1. The lowest BCUT2D eigenvalue weighted by molar-refractivity contribution is -0.143. The summed E-state index contributed by atoms with van der Waals surface area (Å²) < 4.78 is 51.1. The summed E-state index contributed by atoms with van der Waals surface area (Å²) in [4.78, 5) is 11.6. The Morgan fingerprint density at radius 1 is 0.974 bits per heavy atom. The van der Waals surface area contributed by atoms with Crippen molar-refractivity contribution in [3.63, 3.8) is 0 Å². The number of esters is 1. The van der Waals surface area contributed by atoms with E-state index in [0.29, 0.717) is 38.6 Å². The molecule has 3 aromatic rings. The quantitative estimate of drug-likeness (QED) is 0.261. The Balaban J connectivity index is 1.26. The molecule has 9 heteroatoms. The first kappa shape index (κ1) is 27.0. The van der Waals surface area contributed by atoms with Crippen LogP contribution < -0.4 is 14.2 Å². The maximum atomic E-state index is 11.6. The molecule has 1 atom stereocenters. The summed E-state index contributed by atoms with van der Waals surface area (Å²) >= 11 is 0. The molecule has 0 bridgehead atoms. The first-order valence-corrected chi connectivity index (χ1v) is 15.0. The number of fused-ring (bicyclic) bond motifs is 4. The summed E-state index contributed by atoms with van der Waals surface area (Å²) in [6.45, 7) is 1.72. The van der Waals surface area contributed by atoms with Crippen molar-refractivity contribution in [1.82, 2.24) is 0 Å². The van der Waals surface area contributed by atoms with Gasteiger partial charge in [-0.25, -0.2) is 8.42 Å². The van der Waals surface area contributed by atoms with Crippen LogP contribution in [-0.4, -0.2) is 46.7 Å². The van der Waals surface area contributed by atoms with E-state index in [1.54, 1.807) is 0 Å². The van der Waals surface area contributed by atoms with E-state index in [1.165, 1.54) is 18.9 Å². The number of carbonyl (C=O) groups is 1. The minimum absolute atomic E-state index is 0.0990. The molecule has 39 heavy (non-hydrogen) atoms. The Morgan fingerprint density at radius 2 is 1.79 bits per heavy atom. The molecule has 206 valence electrons. The van der Waals surface area contributed by atoms with Gasteiger partial charge in [0.15, 0.2) is 0 Å². The summed E-state index contributed by atoms with van der Waals surface area (Å²) in [5, 5.41) is 0. The van der Waals surface area contributed by atoms with Crippen molar-refractivity contribution in [1.29, 1.82) is 0 Å². The molecule has 0 spiro atoms. The maximum absolute atomic E-state index is 11.6. The fraction of sp³-hybridized carbons (Fsp3) is 0.367. The molecule has 0 saturated carbocycles. The van der Waals surface area contributed by atoms with Crippen LogP contribution in [0.2, 0.25) is 0 Å². The molecule has 8 nitrogen and oxygen atoms in total. The molecule has 2 aliphatic rings. The van der Waals surface area contributed by atoms with Crippen LogP contribution in [0.1, 0.15) is 41.2 Å². The average Bonchev–Trinajstić information content (AvgIpc) is 3.22. The van der Waals surface area contributed by atoms with E-state index in [0.717, 1.165) is 45.7 Å². The third kappa shape index (κ3) is 6.72. The van der Waals surface area contributed by atoms with Crippen molar-refractivity contribution < 1.29 is 36.9 Å². The largest absolute Gasteiger partial charge is 0.493 e. The Hall–Kier alpha value is -3.56. The van der Waals surface area contributed by atoms with Gasteiger partial charge in [-0.15, -0.1) is 0 Å². The van der Waals surface area contributed by atoms with Crippen LogP contribution in [0.25, 0.3) is 11.1 Å². The molecule has 0 amide bonds. The third-order valence-electron chi connectivity index (χ3n) is 6.86. The van der Waals surface area contributed by atoms with Crippen molar-refractivity contribution >= 4 is 15.8 Å². The SMILES string of the molecule is COC(=O)CC1OCc2cc(OCc3ccc4c(c3)-c3ccc(OCCCS(C)(=O)=O)cc3OCC4)ccc21. The van der Waals surface area contributed by atoms with Crippen LogP contribution in [0.4, 0.5) is 0 Å². The Labute approximate surface area is 228 Å². The molecule has 1 unspecified atom stereocenters. The van der Waals surface area contributed by atoms with Crippen LogP contribution in [0.3, 0.4) is 0 Å². The number of ether oxygens (including phenoxy) is 5. The highest BCUT2D eigenvalue weighted by Crippen LogP contribution is 2.39. The lowest BCUT2D eigenvalue weighted by atomic mass is 9.96. The molecule has 0 aromatic heterocycles. The van der Waals surface area contributed by atoms with Crippen LogP contribution in [0.5, 0.6) is 17.2 Å². The second kappa shape index (κ2) is 11.7. The number of hydrogen-bond donors (Lipinski definition) is 0. The van der Waals surface area contributed by atoms with Gasteiger partial charge in [-0.1, -0.05) is 18.2 Å². The minimum Gasteiger partial charge on any atom is -0.493 e. The zero-order valence-corrected chi connectivity index (χ0v) is 22.9. The van der Waals surface area contributed by atoms with Crippen molar-refractivity contribution in [2.45, 2.75) is 38.6 Å². The molecule has 0 aliphatic carbocycles. The van der Waals surface area contributed by atoms with Gasteiger partial charge in [0.1, 0.15) is 33.7 Å². The second-order valence-electron chi connectivity index (χ2n) is 9.81. The van der Waals surface area contributed by atoms with Gasteiger partial charge in [-0.2, -0.15) is 0 Å². The van der Waals surface area contributed by atoms with Gasteiger partial charge < -0.3 is 23.7 Å². The molecule has 2 heterocycles. The van der Waals surface area contributed by atoms with E-state index in [1.807, 2.05) is 36.4 Å². The van der Waals surface area contributed by atoms with Gasteiger partial charge >= 0.3 is 5.97 Å². The number of sulfone groups is 1. The van der Waals surface area contributed by atoms with E-state index in [9.17, 15) is 13.2 Å². The van der Waals surface area contributed by atoms with E-state index >= 15 is 0 Å². The van der Waals surface area contributed by atoms with Gasteiger partial charge in [0.05, 0.1) is 45.2 Å². The average molecular weight is 553 g/mol. The number of methoxy groups -OCH3 is 1. The van der Waals surface area contributed by atoms with Crippen molar-refractivity contribution in [3.05, 3.63) is 76.9 Å². The molecular weight excluding hydrogens is 520 g/mol. The summed E-state index contributed by atoms with van der Waals surface area (Å²) in [7, 11) is -1.63. The molecular formula is C30H32O8S. The fourth-order valence-electron chi connectivity index (χ4n) is 4.86. The molecule has 0 fully saturated rings. The third-order valence-corrected chi connectivity index (χ3v) is 7.89. The summed E-state index contributed by atoms with van der Waals surface area (Å²) in [6.07, 6.45) is 2.36. The zero-order chi connectivity index (χ0) is 27.4. The van der Waals surface area contributed by atoms with E-state index in [4.69, 9.17) is 23.7 Å². The minimum atomic E-state index is -3.00. The Kier molecular flexibility index (Phi) is 8.09. The number of hydrogen-bond acceptors (Lipinski definition) is 8. The summed E-state index contributed by atoms with van der Waals surface area (Å²) in [5.41, 5.74) is 6.32. The van der Waals surface area contributed by atoms with Crippen molar-refractivity contribution in [2.75, 3.05) is 32.3 Å². The predicted molar refractivity (Wildman–Crippen MR) is 146 cm³/mol. The van der Waals surface area contributed by atoms with Crippen LogP contribution in [-0.2, 0) is 43.7 Å². The van der Waals surface area contributed by atoms with Gasteiger partial charge in [-0.3, -0.25) is 4.79 Å². The highest BCUT2D eigenvalue weighted by Gasteiger charge is 2.26. The molecule has 0 N–H and O–H groups in total. The number of benzene rings is 3. The lowest BCUT2D eigenvalue weighted by Gasteiger charge is -2.14. The number of rotatable bonds is 10. The first-order chi connectivity index (χ1) is 18.8. The van der Waals surface area contributed by atoms with Gasteiger partial charge in [-0.05, 0) is 64.6 Å². The smallest absolute Gasteiger partial charge is 0.308 e. The standard InChI is InChI=1S/C30H32O8S/c1-34-30(31)17-29-25-8-6-23(15-22(25)19-38-29)37-18-20-4-5-21-10-12-36-28-16-24(7-9-26(28)27(21)14-20)35-11-3-13-39(2,32)33/h4-9,14-16,29H,3,10-13,17-19H2,1-2H3. The van der Waals surface area contributed by atoms with E-state index in [-0.39, 0.29) is 24.2 Å². The van der Waals surface area contributed by atoms with Gasteiger partial charge in [0, 0.05) is 24.3 Å². The summed E-state index contributed by atoms with van der Waals surface area (Å²) in [6, 6.07) is 17.9. The van der Waals surface area contributed by atoms with Crippen LogP contribution in [0, 0.1) is 0 Å². The van der Waals surface area contributed by atoms with Gasteiger partial charge in [0.2, 0.25) is 0 Å². The molecule has 0 radical (unpaired) electrons. The monoisotopic (exact) mass is 552 g/mol. The van der Waals surface area contributed by atoms with Crippen LogP contribution >= 0.6 is 0 Å².